The Balaban J connectivity index is 1.45. The van der Waals surface area contributed by atoms with Gasteiger partial charge >= 0.3 is 0 Å². The van der Waals surface area contributed by atoms with Crippen LogP contribution in [0.2, 0.25) is 0 Å². The summed E-state index contributed by atoms with van der Waals surface area (Å²) in [5, 5.41) is 0. The maximum absolute atomic E-state index is 12.4. The lowest BCUT2D eigenvalue weighted by atomic mass is 10.0. The lowest BCUT2D eigenvalue weighted by molar-refractivity contribution is -0.118. The topological polar surface area (TPSA) is 95.4 Å². The summed E-state index contributed by atoms with van der Waals surface area (Å²) in [6.45, 7) is 2.34. The molecule has 32 heavy (non-hydrogen) atoms. The minimum absolute atomic E-state index is 0.192. The summed E-state index contributed by atoms with van der Waals surface area (Å²) in [5.74, 6) is 0.192. The van der Waals surface area contributed by atoms with Crippen molar-refractivity contribution in [3.8, 4) is 0 Å². The number of anilines is 1. The average Bonchev–Trinajstić information content (AvgIpc) is 2.79. The number of hydrogen-bond donors (Lipinski definition) is 2. The van der Waals surface area contributed by atoms with Crippen molar-refractivity contribution in [2.75, 3.05) is 11.3 Å². The first-order chi connectivity index (χ1) is 15.6. The first-order valence-corrected chi connectivity index (χ1v) is 11.7. The molecule has 0 spiro atoms. The van der Waals surface area contributed by atoms with Gasteiger partial charge in [-0.15, -0.1) is 0 Å². The highest BCUT2D eigenvalue weighted by molar-refractivity contribution is 7.80. The Morgan fingerprint density at radius 2 is 1.53 bits per heavy atom. The standard InChI is InChI=1S/C24H28N4O3S/c29-24(17-20-10-12-21(13-11-20)27-32(30)31)9-3-6-16-28(18-22-7-1-4-14-25-22)19-23-8-2-5-15-26-23/h1-2,4-5,7-8,10-15,27H,3,6,9,16-19H2,(H,30,31). The van der Waals surface area contributed by atoms with Crippen molar-refractivity contribution in [1.82, 2.24) is 14.9 Å². The van der Waals surface area contributed by atoms with Crippen LogP contribution in [0.25, 0.3) is 0 Å². The van der Waals surface area contributed by atoms with E-state index in [-0.39, 0.29) is 5.78 Å². The molecule has 3 rings (SSSR count). The van der Waals surface area contributed by atoms with Crippen molar-refractivity contribution in [3.05, 3.63) is 90.0 Å². The third-order valence-corrected chi connectivity index (χ3v) is 5.37. The van der Waals surface area contributed by atoms with E-state index >= 15 is 0 Å². The number of aromatic nitrogens is 2. The fourth-order valence-electron chi connectivity index (χ4n) is 3.42. The van der Waals surface area contributed by atoms with Crippen LogP contribution in [0.5, 0.6) is 0 Å². The summed E-state index contributed by atoms with van der Waals surface area (Å²) < 4.78 is 22.0. The first-order valence-electron chi connectivity index (χ1n) is 10.6. The maximum atomic E-state index is 12.4. The van der Waals surface area contributed by atoms with Crippen molar-refractivity contribution >= 4 is 22.7 Å². The predicted molar refractivity (Wildman–Crippen MR) is 126 cm³/mol. The number of pyridine rings is 2. The number of ketones is 1. The van der Waals surface area contributed by atoms with E-state index in [4.69, 9.17) is 4.55 Å². The summed E-state index contributed by atoms with van der Waals surface area (Å²) in [7, 11) is 0. The van der Waals surface area contributed by atoms with Crippen LogP contribution in [-0.2, 0) is 35.6 Å². The molecule has 0 fully saturated rings. The average molecular weight is 453 g/mol. The zero-order valence-electron chi connectivity index (χ0n) is 17.9. The van der Waals surface area contributed by atoms with Gasteiger partial charge in [0.05, 0.1) is 11.4 Å². The Hall–Kier alpha value is -2.94. The van der Waals surface area contributed by atoms with Gasteiger partial charge in [0, 0.05) is 44.0 Å². The fourth-order valence-corrected chi connectivity index (χ4v) is 3.76. The van der Waals surface area contributed by atoms with Crippen LogP contribution in [0.1, 0.15) is 36.2 Å². The normalized spacial score (nSPS) is 11.9. The molecule has 0 aliphatic carbocycles. The SMILES string of the molecule is O=C(CCCCN(Cc1ccccn1)Cc1ccccn1)Cc1ccc(NS(=O)O)cc1. The Morgan fingerprint density at radius 1 is 0.906 bits per heavy atom. The lowest BCUT2D eigenvalue weighted by Gasteiger charge is -2.21. The Morgan fingerprint density at radius 3 is 2.06 bits per heavy atom. The molecule has 3 aromatic rings. The van der Waals surface area contributed by atoms with E-state index in [1.165, 1.54) is 0 Å². The van der Waals surface area contributed by atoms with Crippen LogP contribution in [0, 0.1) is 0 Å². The molecule has 0 amide bonds. The molecule has 0 saturated heterocycles. The van der Waals surface area contributed by atoms with Crippen LogP contribution in [0.4, 0.5) is 5.69 Å². The molecule has 1 atom stereocenters. The van der Waals surface area contributed by atoms with E-state index < -0.39 is 11.3 Å². The van der Waals surface area contributed by atoms with Gasteiger partial charge in [-0.25, -0.2) is 4.21 Å². The van der Waals surface area contributed by atoms with Gasteiger partial charge in [0.2, 0.25) is 0 Å². The first kappa shape index (κ1) is 23.7. The molecule has 0 radical (unpaired) electrons. The lowest BCUT2D eigenvalue weighted by Crippen LogP contribution is -2.25. The number of Topliss-reactive ketones (excluding diaryl/α,β-unsaturated/α-hetero) is 1. The second-order valence-electron chi connectivity index (χ2n) is 7.57. The molecule has 2 heterocycles. The Kier molecular flexibility index (Phi) is 9.49. The van der Waals surface area contributed by atoms with Gasteiger partial charge in [-0.1, -0.05) is 24.3 Å². The van der Waals surface area contributed by atoms with E-state index in [1.54, 1.807) is 36.7 Å². The summed E-state index contributed by atoms with van der Waals surface area (Å²) >= 11 is -2.10. The van der Waals surface area contributed by atoms with Gasteiger partial charge < -0.3 is 0 Å². The fraction of sp³-hybridized carbons (Fsp3) is 0.292. The van der Waals surface area contributed by atoms with Crippen LogP contribution >= 0.6 is 0 Å². The van der Waals surface area contributed by atoms with Crippen LogP contribution in [0.3, 0.4) is 0 Å². The molecule has 0 bridgehead atoms. The van der Waals surface area contributed by atoms with Gasteiger partial charge in [0.1, 0.15) is 5.78 Å². The third-order valence-electron chi connectivity index (χ3n) is 4.96. The van der Waals surface area contributed by atoms with E-state index in [2.05, 4.69) is 19.6 Å². The molecule has 0 aliphatic heterocycles. The van der Waals surface area contributed by atoms with Gasteiger partial charge in [0.25, 0.3) is 11.3 Å². The van der Waals surface area contributed by atoms with E-state index in [0.717, 1.165) is 49.4 Å². The van der Waals surface area contributed by atoms with Crippen LogP contribution in [-0.4, -0.2) is 36.0 Å². The Bertz CT molecular complexity index is 944. The number of rotatable bonds is 13. The minimum Gasteiger partial charge on any atom is -0.299 e. The van der Waals surface area contributed by atoms with Crippen molar-refractivity contribution in [3.63, 3.8) is 0 Å². The quantitative estimate of drug-likeness (QED) is 0.301. The summed E-state index contributed by atoms with van der Waals surface area (Å²) in [5.41, 5.74) is 3.48. The Labute approximate surface area is 191 Å². The molecular weight excluding hydrogens is 424 g/mol. The molecule has 168 valence electrons. The number of benzene rings is 1. The van der Waals surface area contributed by atoms with Gasteiger partial charge in [-0.2, -0.15) is 0 Å². The molecule has 0 saturated carbocycles. The monoisotopic (exact) mass is 452 g/mol. The molecule has 2 aromatic heterocycles. The number of carbonyl (C=O) groups excluding carboxylic acids is 1. The second kappa shape index (κ2) is 12.8. The van der Waals surface area contributed by atoms with Crippen LogP contribution in [0.15, 0.2) is 73.1 Å². The summed E-state index contributed by atoms with van der Waals surface area (Å²) in [6.07, 6.45) is 6.24. The second-order valence-corrected chi connectivity index (χ2v) is 8.28. The van der Waals surface area contributed by atoms with Gasteiger partial charge in [-0.05, 0) is 61.3 Å². The van der Waals surface area contributed by atoms with E-state index in [9.17, 15) is 9.00 Å². The molecule has 1 unspecified atom stereocenters. The van der Waals surface area contributed by atoms with E-state index in [0.29, 0.717) is 18.5 Å². The van der Waals surface area contributed by atoms with Crippen molar-refractivity contribution in [1.29, 1.82) is 0 Å². The zero-order valence-corrected chi connectivity index (χ0v) is 18.7. The minimum atomic E-state index is -2.10. The third kappa shape index (κ3) is 8.66. The number of unbranched alkanes of at least 4 members (excludes halogenated alkanes) is 1. The van der Waals surface area contributed by atoms with Crippen molar-refractivity contribution < 1.29 is 13.6 Å². The predicted octanol–water partition coefficient (Wildman–Crippen LogP) is 4.01. The zero-order chi connectivity index (χ0) is 22.6. The van der Waals surface area contributed by atoms with Crippen LogP contribution < -0.4 is 4.72 Å². The largest absolute Gasteiger partial charge is 0.299 e. The highest BCUT2D eigenvalue weighted by Crippen LogP contribution is 2.13. The summed E-state index contributed by atoms with van der Waals surface area (Å²) in [6, 6.07) is 18.8. The molecule has 8 heteroatoms. The number of carbonyl (C=O) groups is 1. The highest BCUT2D eigenvalue weighted by atomic mass is 32.2. The number of hydrogen-bond acceptors (Lipinski definition) is 5. The van der Waals surface area contributed by atoms with Gasteiger partial charge in [-0.3, -0.25) is 28.9 Å². The highest BCUT2D eigenvalue weighted by Gasteiger charge is 2.10. The molecule has 1 aromatic carbocycles. The van der Waals surface area contributed by atoms with Crippen molar-refractivity contribution in [2.45, 2.75) is 38.8 Å². The number of nitrogens with zero attached hydrogens (tertiary/aromatic N) is 3. The van der Waals surface area contributed by atoms with E-state index in [1.807, 2.05) is 36.4 Å². The molecule has 7 nitrogen and oxygen atoms in total. The van der Waals surface area contributed by atoms with Gasteiger partial charge in [0.15, 0.2) is 0 Å². The number of nitrogens with one attached hydrogen (secondary N) is 1. The van der Waals surface area contributed by atoms with Crippen molar-refractivity contribution in [2.24, 2.45) is 0 Å². The smallest absolute Gasteiger partial charge is 0.259 e. The maximum Gasteiger partial charge on any atom is 0.259 e. The summed E-state index contributed by atoms with van der Waals surface area (Å²) in [4.78, 5) is 23.5. The molecule has 2 N–H and O–H groups in total. The molecule has 0 aliphatic rings. The molecular formula is C24H28N4O3S.